The van der Waals surface area contributed by atoms with Crippen molar-refractivity contribution in [1.82, 2.24) is 4.31 Å². The average Bonchev–Trinajstić information content (AvgIpc) is 2.59. The van der Waals surface area contributed by atoms with Crippen LogP contribution in [0.25, 0.3) is 0 Å². The first kappa shape index (κ1) is 20.7. The minimum atomic E-state index is -4.47. The maximum Gasteiger partial charge on any atom is 0.416 e. The molecule has 0 saturated carbocycles. The molecule has 2 rings (SSSR count). The van der Waals surface area contributed by atoms with Crippen molar-refractivity contribution in [2.75, 3.05) is 31.3 Å². The van der Waals surface area contributed by atoms with Gasteiger partial charge in [-0.2, -0.15) is 13.2 Å². The van der Waals surface area contributed by atoms with Crippen LogP contribution in [0.4, 0.5) is 24.5 Å². The van der Waals surface area contributed by atoms with Gasteiger partial charge >= 0.3 is 6.18 Å². The number of benzene rings is 2. The maximum absolute atomic E-state index is 12.7. The fourth-order valence-corrected chi connectivity index (χ4v) is 3.09. The zero-order valence-electron chi connectivity index (χ0n) is 14.5. The summed E-state index contributed by atoms with van der Waals surface area (Å²) in [5.41, 5.74) is -0.424. The van der Waals surface area contributed by atoms with Crippen molar-refractivity contribution in [2.45, 2.75) is 11.1 Å². The molecule has 0 aliphatic heterocycles. The third kappa shape index (κ3) is 5.44. The molecule has 0 unspecified atom stereocenters. The predicted molar refractivity (Wildman–Crippen MR) is 95.9 cm³/mol. The van der Waals surface area contributed by atoms with Crippen molar-refractivity contribution in [3.63, 3.8) is 0 Å². The number of carbonyl (C=O) groups excluding carboxylic acids is 1. The first-order valence-corrected chi connectivity index (χ1v) is 9.18. The Kier molecular flexibility index (Phi) is 6.11. The molecule has 6 nitrogen and oxygen atoms in total. The molecule has 0 radical (unpaired) electrons. The van der Waals surface area contributed by atoms with Gasteiger partial charge < -0.3 is 10.6 Å². The summed E-state index contributed by atoms with van der Waals surface area (Å²) >= 11 is 0. The summed E-state index contributed by atoms with van der Waals surface area (Å²) in [6.45, 7) is -0.286. The fraction of sp³-hybridized carbons (Fsp3) is 0.235. The van der Waals surface area contributed by atoms with Crippen molar-refractivity contribution in [1.29, 1.82) is 0 Å². The first-order chi connectivity index (χ1) is 12.5. The van der Waals surface area contributed by atoms with Crippen molar-refractivity contribution in [3.05, 3.63) is 54.1 Å². The van der Waals surface area contributed by atoms with Crippen LogP contribution in [0.3, 0.4) is 0 Å². The highest BCUT2D eigenvalue weighted by molar-refractivity contribution is 7.89. The second-order valence-electron chi connectivity index (χ2n) is 5.80. The molecule has 2 aromatic carbocycles. The Hall–Kier alpha value is -2.59. The van der Waals surface area contributed by atoms with Crippen LogP contribution in [0.1, 0.15) is 5.56 Å². The molecule has 0 saturated heterocycles. The highest BCUT2D eigenvalue weighted by atomic mass is 32.2. The van der Waals surface area contributed by atoms with Crippen LogP contribution in [0, 0.1) is 0 Å². The van der Waals surface area contributed by atoms with Crippen molar-refractivity contribution in [3.8, 4) is 0 Å². The van der Waals surface area contributed by atoms with E-state index in [2.05, 4.69) is 10.6 Å². The molecule has 146 valence electrons. The van der Waals surface area contributed by atoms with Crippen LogP contribution in [-0.2, 0) is 21.0 Å². The van der Waals surface area contributed by atoms with Crippen molar-refractivity contribution >= 4 is 27.3 Å². The van der Waals surface area contributed by atoms with E-state index in [0.717, 1.165) is 16.4 Å². The predicted octanol–water partition coefficient (Wildman–Crippen LogP) is 3.01. The quantitative estimate of drug-likeness (QED) is 0.780. The Bertz CT molecular complexity index is 928. The van der Waals surface area contributed by atoms with Crippen molar-refractivity contribution < 1.29 is 26.4 Å². The van der Waals surface area contributed by atoms with Gasteiger partial charge in [0, 0.05) is 25.5 Å². The second kappa shape index (κ2) is 7.97. The monoisotopic (exact) mass is 401 g/mol. The molecule has 0 aliphatic carbocycles. The van der Waals surface area contributed by atoms with Gasteiger partial charge in [0.2, 0.25) is 15.9 Å². The number of nitrogens with zero attached hydrogens (tertiary/aromatic N) is 1. The largest absolute Gasteiger partial charge is 0.416 e. The molecule has 0 aromatic heterocycles. The van der Waals surface area contributed by atoms with E-state index in [9.17, 15) is 26.4 Å². The molecule has 27 heavy (non-hydrogen) atoms. The number of hydrogen-bond donors (Lipinski definition) is 2. The van der Waals surface area contributed by atoms with Crippen LogP contribution in [-0.4, -0.2) is 39.3 Å². The lowest BCUT2D eigenvalue weighted by molar-refractivity contribution is -0.137. The summed E-state index contributed by atoms with van der Waals surface area (Å²) in [5.74, 6) is -0.535. The Balaban J connectivity index is 2.03. The smallest absolute Gasteiger partial charge is 0.376 e. The Morgan fingerprint density at radius 3 is 2.30 bits per heavy atom. The van der Waals surface area contributed by atoms with E-state index in [-0.39, 0.29) is 22.8 Å². The van der Waals surface area contributed by atoms with Gasteiger partial charge in [0.15, 0.2) is 0 Å². The van der Waals surface area contributed by atoms with Gasteiger partial charge in [-0.25, -0.2) is 12.7 Å². The SMILES string of the molecule is CN(C)S(=O)(=O)c1cccc(NC(=O)CNc2cccc(C(F)(F)F)c2)c1. The zero-order chi connectivity index (χ0) is 20.2. The van der Waals surface area contributed by atoms with E-state index in [0.29, 0.717) is 0 Å². The van der Waals surface area contributed by atoms with E-state index in [1.807, 2.05) is 0 Å². The lowest BCUT2D eigenvalue weighted by atomic mass is 10.2. The molecule has 0 heterocycles. The molecule has 0 bridgehead atoms. The minimum Gasteiger partial charge on any atom is -0.376 e. The van der Waals surface area contributed by atoms with Gasteiger partial charge in [-0.1, -0.05) is 12.1 Å². The number of amides is 1. The summed E-state index contributed by atoms with van der Waals surface area (Å²) in [4.78, 5) is 12.0. The third-order valence-electron chi connectivity index (χ3n) is 3.54. The Morgan fingerprint density at radius 2 is 1.67 bits per heavy atom. The Morgan fingerprint density at radius 1 is 1.04 bits per heavy atom. The van der Waals surface area contributed by atoms with E-state index in [1.54, 1.807) is 0 Å². The summed E-state index contributed by atoms with van der Waals surface area (Å²) in [6, 6.07) is 10.2. The third-order valence-corrected chi connectivity index (χ3v) is 5.35. The van der Waals surface area contributed by atoms with Crippen LogP contribution >= 0.6 is 0 Å². The molecule has 0 spiro atoms. The minimum absolute atomic E-state index is 0.0103. The van der Waals surface area contributed by atoms with Crippen molar-refractivity contribution in [2.24, 2.45) is 0 Å². The summed E-state index contributed by atoms with van der Waals surface area (Å²) in [6.07, 6.45) is -4.47. The molecular formula is C17H18F3N3O3S. The molecule has 1 amide bonds. The van der Waals surface area contributed by atoms with Crippen LogP contribution in [0.5, 0.6) is 0 Å². The topological polar surface area (TPSA) is 78.5 Å². The first-order valence-electron chi connectivity index (χ1n) is 7.74. The number of rotatable bonds is 6. The van der Waals surface area contributed by atoms with Gasteiger partial charge in [-0.05, 0) is 36.4 Å². The lowest BCUT2D eigenvalue weighted by Gasteiger charge is -2.13. The molecule has 2 aromatic rings. The van der Waals surface area contributed by atoms with Gasteiger partial charge in [0.1, 0.15) is 0 Å². The highest BCUT2D eigenvalue weighted by Crippen LogP contribution is 2.30. The van der Waals surface area contributed by atoms with E-state index < -0.39 is 27.7 Å². The molecule has 0 atom stereocenters. The number of nitrogens with one attached hydrogen (secondary N) is 2. The number of carbonyl (C=O) groups is 1. The number of alkyl halides is 3. The Labute approximate surface area is 155 Å². The highest BCUT2D eigenvalue weighted by Gasteiger charge is 2.30. The van der Waals surface area contributed by atoms with E-state index in [4.69, 9.17) is 0 Å². The summed E-state index contributed by atoms with van der Waals surface area (Å²) in [5, 5.41) is 5.10. The van der Waals surface area contributed by atoms with Gasteiger partial charge in [0.05, 0.1) is 17.0 Å². The number of sulfonamides is 1. The number of hydrogen-bond acceptors (Lipinski definition) is 4. The van der Waals surface area contributed by atoms with E-state index >= 15 is 0 Å². The zero-order valence-corrected chi connectivity index (χ0v) is 15.4. The molecule has 2 N–H and O–H groups in total. The molecule has 0 aliphatic rings. The van der Waals surface area contributed by atoms with Gasteiger partial charge in [-0.15, -0.1) is 0 Å². The van der Waals surface area contributed by atoms with Crippen LogP contribution in [0.2, 0.25) is 0 Å². The van der Waals surface area contributed by atoms with Crippen LogP contribution in [0.15, 0.2) is 53.4 Å². The molecular weight excluding hydrogens is 383 g/mol. The standard InChI is InChI=1S/C17H18F3N3O3S/c1-23(2)27(25,26)15-8-4-7-14(10-15)22-16(24)11-21-13-6-3-5-12(9-13)17(18,19)20/h3-10,21H,11H2,1-2H3,(H,22,24). The number of anilines is 2. The average molecular weight is 401 g/mol. The van der Waals surface area contributed by atoms with E-state index in [1.165, 1.54) is 50.5 Å². The second-order valence-corrected chi connectivity index (χ2v) is 7.95. The maximum atomic E-state index is 12.7. The summed E-state index contributed by atoms with van der Waals surface area (Å²) in [7, 11) is -0.872. The van der Waals surface area contributed by atoms with Gasteiger partial charge in [-0.3, -0.25) is 4.79 Å². The number of halogens is 3. The summed E-state index contributed by atoms with van der Waals surface area (Å²) < 4.78 is 63.3. The lowest BCUT2D eigenvalue weighted by Crippen LogP contribution is -2.23. The van der Waals surface area contributed by atoms with Crippen LogP contribution < -0.4 is 10.6 Å². The van der Waals surface area contributed by atoms with Gasteiger partial charge in [0.25, 0.3) is 0 Å². The fourth-order valence-electron chi connectivity index (χ4n) is 2.14. The normalized spacial score (nSPS) is 12.1. The molecule has 10 heteroatoms. The molecule has 0 fully saturated rings.